The van der Waals surface area contributed by atoms with Gasteiger partial charge in [-0.25, -0.2) is 8.42 Å². The van der Waals surface area contributed by atoms with E-state index in [9.17, 15) is 28.1 Å². The lowest BCUT2D eigenvalue weighted by Gasteiger charge is -2.27. The Hall–Kier alpha value is -3.27. The first-order chi connectivity index (χ1) is 21.5. The number of carbonyl (C=O) groups excluding carboxylic acids is 2. The maximum Gasteiger partial charge on any atom is 0.315 e. The molecule has 2 aliphatic rings. The highest BCUT2D eigenvalue weighted by Crippen LogP contribution is 2.43. The van der Waals surface area contributed by atoms with E-state index in [0.717, 1.165) is 70.1 Å². The molecule has 0 N–H and O–H groups in total. The van der Waals surface area contributed by atoms with Crippen LogP contribution in [0.15, 0.2) is 41.3 Å². The Morgan fingerprint density at radius 3 is 1.67 bits per heavy atom. The van der Waals surface area contributed by atoms with Gasteiger partial charge in [0.25, 0.3) is 0 Å². The summed E-state index contributed by atoms with van der Waals surface area (Å²) < 4.78 is 35.7. The molecule has 9 nitrogen and oxygen atoms in total. The van der Waals surface area contributed by atoms with Crippen LogP contribution in [0.3, 0.4) is 0 Å². The summed E-state index contributed by atoms with van der Waals surface area (Å²) in [7, 11) is -3.46. The summed E-state index contributed by atoms with van der Waals surface area (Å²) in [5.41, 5.74) is 0.302. The van der Waals surface area contributed by atoms with Crippen molar-refractivity contribution in [1.82, 2.24) is 0 Å². The average molecular weight is 642 g/mol. The first kappa shape index (κ1) is 34.6. The molecule has 2 aromatic carbocycles. The zero-order valence-corrected chi connectivity index (χ0v) is 27.6. The van der Waals surface area contributed by atoms with Gasteiger partial charge in [0, 0.05) is 11.8 Å². The van der Waals surface area contributed by atoms with Gasteiger partial charge in [-0.3, -0.25) is 19.7 Å². The number of nitrogens with zero attached hydrogens (tertiary/aromatic N) is 1. The van der Waals surface area contributed by atoms with E-state index in [2.05, 4.69) is 13.8 Å². The number of hydrogen-bond donors (Lipinski definition) is 0. The van der Waals surface area contributed by atoms with E-state index in [0.29, 0.717) is 48.6 Å². The molecular weight excluding hydrogens is 594 g/mol. The lowest BCUT2D eigenvalue weighted by molar-refractivity contribution is -0.385. The minimum absolute atomic E-state index is 0.0249. The van der Waals surface area contributed by atoms with Crippen molar-refractivity contribution in [2.75, 3.05) is 6.26 Å². The van der Waals surface area contributed by atoms with Crippen molar-refractivity contribution in [3.05, 3.63) is 46.5 Å². The minimum Gasteiger partial charge on any atom is -0.425 e. The first-order valence-electron chi connectivity index (χ1n) is 16.6. The zero-order chi connectivity index (χ0) is 32.6. The summed E-state index contributed by atoms with van der Waals surface area (Å²) in [4.78, 5) is 38.2. The zero-order valence-electron chi connectivity index (χ0n) is 26.8. The predicted molar refractivity (Wildman–Crippen MR) is 173 cm³/mol. The summed E-state index contributed by atoms with van der Waals surface area (Å²) in [6.07, 6.45) is 14.5. The van der Waals surface area contributed by atoms with Crippen LogP contribution in [0.5, 0.6) is 11.5 Å². The predicted octanol–water partition coefficient (Wildman–Crippen LogP) is 8.47. The number of nitro benzene ring substituents is 1. The Bertz CT molecular complexity index is 1440. The van der Waals surface area contributed by atoms with Crippen molar-refractivity contribution >= 4 is 27.5 Å². The smallest absolute Gasteiger partial charge is 0.315 e. The number of esters is 2. The fourth-order valence-electron chi connectivity index (χ4n) is 6.71. The molecular formula is C35H47NO8S. The molecule has 2 aliphatic carbocycles. The Kier molecular flexibility index (Phi) is 12.2. The van der Waals surface area contributed by atoms with Crippen LogP contribution in [0.2, 0.25) is 0 Å². The molecule has 2 fully saturated rings. The van der Waals surface area contributed by atoms with Crippen molar-refractivity contribution < 1.29 is 32.4 Å². The maximum absolute atomic E-state index is 13.3. The van der Waals surface area contributed by atoms with E-state index in [1.165, 1.54) is 24.6 Å². The van der Waals surface area contributed by atoms with Crippen LogP contribution in [-0.4, -0.2) is 31.5 Å². The molecule has 0 atom stereocenters. The third-order valence-electron chi connectivity index (χ3n) is 9.56. The van der Waals surface area contributed by atoms with Gasteiger partial charge < -0.3 is 9.47 Å². The van der Waals surface area contributed by atoms with Crippen LogP contribution < -0.4 is 9.47 Å². The molecule has 0 aromatic heterocycles. The van der Waals surface area contributed by atoms with Gasteiger partial charge in [-0.2, -0.15) is 0 Å². The molecule has 0 amide bonds. The summed E-state index contributed by atoms with van der Waals surface area (Å²) in [5, 5.41) is 12.2. The fourth-order valence-corrected chi connectivity index (χ4v) is 7.34. The summed E-state index contributed by atoms with van der Waals surface area (Å²) in [6.45, 7) is 4.33. The van der Waals surface area contributed by atoms with Crippen LogP contribution in [0.25, 0.3) is 11.1 Å². The summed E-state index contributed by atoms with van der Waals surface area (Å²) in [6, 6.07) is 8.47. The molecule has 0 saturated heterocycles. The van der Waals surface area contributed by atoms with Crippen LogP contribution >= 0.6 is 0 Å². The lowest BCUT2D eigenvalue weighted by atomic mass is 9.80. The van der Waals surface area contributed by atoms with E-state index in [1.54, 1.807) is 12.1 Å². The molecule has 2 aromatic rings. The van der Waals surface area contributed by atoms with Crippen LogP contribution in [0, 0.1) is 33.8 Å². The van der Waals surface area contributed by atoms with Crippen LogP contribution in [0.1, 0.15) is 104 Å². The second-order valence-electron chi connectivity index (χ2n) is 12.9. The summed E-state index contributed by atoms with van der Waals surface area (Å²) >= 11 is 0. The number of benzene rings is 2. The molecule has 10 heteroatoms. The van der Waals surface area contributed by atoms with Gasteiger partial charge in [-0.05, 0) is 87.0 Å². The quantitative estimate of drug-likeness (QED) is 0.0921. The van der Waals surface area contributed by atoms with E-state index in [-0.39, 0.29) is 28.2 Å². The van der Waals surface area contributed by atoms with Crippen molar-refractivity contribution in [3.63, 3.8) is 0 Å². The van der Waals surface area contributed by atoms with Gasteiger partial charge in [0.15, 0.2) is 9.84 Å². The molecule has 45 heavy (non-hydrogen) atoms. The molecule has 4 rings (SSSR count). The molecule has 2 saturated carbocycles. The molecule has 0 aliphatic heterocycles. The molecule has 0 radical (unpaired) electrons. The second-order valence-corrected chi connectivity index (χ2v) is 14.9. The number of rotatable bonds is 13. The largest absolute Gasteiger partial charge is 0.425 e. The first-order valence-corrected chi connectivity index (χ1v) is 18.5. The Morgan fingerprint density at radius 2 is 1.24 bits per heavy atom. The number of unbranched alkanes of at least 4 members (excludes halogenated alkanes) is 2. The van der Waals surface area contributed by atoms with E-state index < -0.39 is 32.4 Å². The molecule has 246 valence electrons. The Labute approximate surface area is 267 Å². The van der Waals surface area contributed by atoms with Gasteiger partial charge in [0.2, 0.25) is 5.75 Å². The van der Waals surface area contributed by atoms with Gasteiger partial charge in [-0.1, -0.05) is 64.5 Å². The van der Waals surface area contributed by atoms with Gasteiger partial charge in [0.05, 0.1) is 27.7 Å². The maximum atomic E-state index is 13.3. The number of nitro groups is 1. The van der Waals surface area contributed by atoms with Crippen molar-refractivity contribution in [1.29, 1.82) is 0 Å². The normalized spacial score (nSPS) is 22.0. The van der Waals surface area contributed by atoms with Crippen LogP contribution in [0.4, 0.5) is 5.69 Å². The average Bonchev–Trinajstić information content (AvgIpc) is 3.03. The Balaban J connectivity index is 1.60. The molecule has 0 spiro atoms. The highest BCUT2D eigenvalue weighted by molar-refractivity contribution is 7.90. The van der Waals surface area contributed by atoms with Gasteiger partial charge in [-0.15, -0.1) is 0 Å². The molecule has 0 heterocycles. The molecule has 0 bridgehead atoms. The fraction of sp³-hybridized carbons (Fsp3) is 0.600. The topological polar surface area (TPSA) is 130 Å². The third-order valence-corrected chi connectivity index (χ3v) is 10.7. The van der Waals surface area contributed by atoms with Crippen LogP contribution in [-0.2, 0) is 19.4 Å². The third kappa shape index (κ3) is 9.37. The van der Waals surface area contributed by atoms with Crippen molar-refractivity contribution in [2.45, 2.75) is 109 Å². The second kappa shape index (κ2) is 15.8. The highest BCUT2D eigenvalue weighted by Gasteiger charge is 2.32. The highest BCUT2D eigenvalue weighted by atomic mass is 32.2. The van der Waals surface area contributed by atoms with E-state index in [1.807, 2.05) is 0 Å². The van der Waals surface area contributed by atoms with Gasteiger partial charge >= 0.3 is 17.6 Å². The number of ether oxygens (including phenoxy) is 2. The number of hydrogen-bond acceptors (Lipinski definition) is 8. The standard InChI is InChI=1S/C35H47NO8S/c1-4-6-8-24-10-14-27(15-11-24)34(37)43-32-23-31(36(39)40)33(22-30(32)26-18-20-29(21-19-26)45(3,41)42)44-35(38)28-16-12-25(13-17-28)9-7-5-2/h18-25,27-28H,4-17H2,1-3H3/t24?,25-,27?,28-. The van der Waals surface area contributed by atoms with Crippen molar-refractivity contribution in [2.24, 2.45) is 23.7 Å². The minimum atomic E-state index is -3.46. The lowest BCUT2D eigenvalue weighted by Crippen LogP contribution is -2.26. The van der Waals surface area contributed by atoms with Crippen molar-refractivity contribution in [3.8, 4) is 22.6 Å². The number of sulfone groups is 1. The monoisotopic (exact) mass is 641 g/mol. The Morgan fingerprint density at radius 1 is 0.778 bits per heavy atom. The summed E-state index contributed by atoms with van der Waals surface area (Å²) in [5.74, 6) is -0.673. The van der Waals surface area contributed by atoms with E-state index in [4.69, 9.17) is 9.47 Å². The van der Waals surface area contributed by atoms with E-state index >= 15 is 0 Å². The van der Waals surface area contributed by atoms with Gasteiger partial charge in [0.1, 0.15) is 5.75 Å². The number of carbonyl (C=O) groups is 2. The molecule has 0 unspecified atom stereocenters. The SMILES string of the molecule is CCCCC1CCC(C(=O)Oc2cc([N+](=O)[O-])c(OC(=O)[C@H]3CC[C@H](CCCC)CC3)cc2-c2ccc(S(C)(=O)=O)cc2)CC1.